The minimum absolute atomic E-state index is 0.211. The van der Waals surface area contributed by atoms with Crippen molar-refractivity contribution in [1.82, 2.24) is 5.32 Å². The molecule has 1 saturated heterocycles. The van der Waals surface area contributed by atoms with Gasteiger partial charge in [0.2, 0.25) is 0 Å². The quantitative estimate of drug-likeness (QED) is 0.375. The maximum Gasteiger partial charge on any atom is 0.335 e. The second-order valence-electron chi connectivity index (χ2n) is 8.42. The zero-order valence-corrected chi connectivity index (χ0v) is 20.5. The van der Waals surface area contributed by atoms with Gasteiger partial charge in [0.25, 0.3) is 17.7 Å². The number of methoxy groups -OCH3 is 1. The number of barbiturate groups is 1. The summed E-state index contributed by atoms with van der Waals surface area (Å²) in [7, 11) is 1.43. The zero-order chi connectivity index (χ0) is 26.5. The molecule has 3 aromatic carbocycles. The zero-order valence-electron chi connectivity index (χ0n) is 20.5. The second kappa shape index (κ2) is 10.8. The fraction of sp³-hybridized carbons (Fsp3) is 0.143. The molecule has 5 amide bonds. The molecule has 1 heterocycles. The molecule has 2 N–H and O–H groups in total. The van der Waals surface area contributed by atoms with Crippen LogP contribution < -0.4 is 25.0 Å². The van der Waals surface area contributed by atoms with Crippen molar-refractivity contribution < 1.29 is 28.7 Å². The normalized spacial score (nSPS) is 14.4. The Balaban J connectivity index is 1.54. The van der Waals surface area contributed by atoms with Crippen molar-refractivity contribution in [2.24, 2.45) is 0 Å². The first-order valence-electron chi connectivity index (χ1n) is 11.4. The average molecular weight is 500 g/mol. The van der Waals surface area contributed by atoms with E-state index in [1.807, 2.05) is 26.0 Å². The molecule has 3 aromatic rings. The first-order chi connectivity index (χ1) is 17.7. The lowest BCUT2D eigenvalue weighted by molar-refractivity contribution is -0.122. The Morgan fingerprint density at radius 1 is 0.946 bits per heavy atom. The first kappa shape index (κ1) is 25.2. The van der Waals surface area contributed by atoms with Gasteiger partial charge in [-0.05, 0) is 73.0 Å². The van der Waals surface area contributed by atoms with E-state index in [2.05, 4.69) is 10.6 Å². The molecule has 0 bridgehead atoms. The van der Waals surface area contributed by atoms with Crippen LogP contribution in [-0.2, 0) is 14.4 Å². The third-order valence-electron chi connectivity index (χ3n) is 5.48. The van der Waals surface area contributed by atoms with E-state index in [4.69, 9.17) is 9.47 Å². The maximum absolute atomic E-state index is 13.2. The van der Waals surface area contributed by atoms with Crippen LogP contribution in [0.1, 0.15) is 16.7 Å². The third kappa shape index (κ3) is 5.84. The van der Waals surface area contributed by atoms with E-state index in [1.165, 1.54) is 13.2 Å². The smallest absolute Gasteiger partial charge is 0.335 e. The number of hydrogen-bond acceptors (Lipinski definition) is 6. The minimum Gasteiger partial charge on any atom is -0.493 e. The van der Waals surface area contributed by atoms with E-state index in [0.717, 1.165) is 16.0 Å². The van der Waals surface area contributed by atoms with Gasteiger partial charge in [0.15, 0.2) is 18.1 Å². The van der Waals surface area contributed by atoms with Crippen LogP contribution in [0.25, 0.3) is 6.08 Å². The largest absolute Gasteiger partial charge is 0.493 e. The van der Waals surface area contributed by atoms with Crippen LogP contribution in [0, 0.1) is 13.8 Å². The van der Waals surface area contributed by atoms with Gasteiger partial charge >= 0.3 is 6.03 Å². The predicted molar refractivity (Wildman–Crippen MR) is 138 cm³/mol. The SMILES string of the molecule is COc1cc(/C=C2\C(=O)NC(=O)N(c3cc(C)cc(C)c3)C2=O)ccc1OCC(=O)Nc1ccccc1. The van der Waals surface area contributed by atoms with Gasteiger partial charge in [0.1, 0.15) is 5.57 Å². The van der Waals surface area contributed by atoms with E-state index >= 15 is 0 Å². The van der Waals surface area contributed by atoms with Crippen LogP contribution >= 0.6 is 0 Å². The van der Waals surface area contributed by atoms with Gasteiger partial charge in [-0.25, -0.2) is 9.69 Å². The van der Waals surface area contributed by atoms with Crippen LogP contribution in [0.2, 0.25) is 0 Å². The number of urea groups is 1. The third-order valence-corrected chi connectivity index (χ3v) is 5.48. The lowest BCUT2D eigenvalue weighted by Gasteiger charge is -2.27. The van der Waals surface area contributed by atoms with Crippen molar-refractivity contribution in [2.75, 3.05) is 23.9 Å². The molecular formula is C28H25N3O6. The number of amides is 5. The molecule has 37 heavy (non-hydrogen) atoms. The lowest BCUT2D eigenvalue weighted by atomic mass is 10.0. The number of hydrogen-bond donors (Lipinski definition) is 2. The summed E-state index contributed by atoms with van der Waals surface area (Å²) in [6, 6.07) is 18.2. The Labute approximate surface area is 213 Å². The lowest BCUT2D eigenvalue weighted by Crippen LogP contribution is -2.54. The minimum atomic E-state index is -0.813. The van der Waals surface area contributed by atoms with E-state index < -0.39 is 17.8 Å². The van der Waals surface area contributed by atoms with Crippen molar-refractivity contribution in [3.8, 4) is 11.5 Å². The van der Waals surface area contributed by atoms with Crippen molar-refractivity contribution in [1.29, 1.82) is 0 Å². The Morgan fingerprint density at radius 2 is 1.65 bits per heavy atom. The number of para-hydroxylation sites is 1. The van der Waals surface area contributed by atoms with Crippen LogP contribution in [0.15, 0.2) is 72.3 Å². The van der Waals surface area contributed by atoms with E-state index in [0.29, 0.717) is 28.4 Å². The average Bonchev–Trinajstić information content (AvgIpc) is 2.85. The highest BCUT2D eigenvalue weighted by molar-refractivity contribution is 6.39. The fourth-order valence-electron chi connectivity index (χ4n) is 3.89. The van der Waals surface area contributed by atoms with Gasteiger partial charge in [0.05, 0.1) is 12.8 Å². The van der Waals surface area contributed by atoms with Gasteiger partial charge < -0.3 is 14.8 Å². The summed E-state index contributed by atoms with van der Waals surface area (Å²) in [4.78, 5) is 51.4. The number of benzene rings is 3. The molecule has 1 aliphatic rings. The molecule has 188 valence electrons. The number of nitrogens with zero attached hydrogens (tertiary/aromatic N) is 1. The van der Waals surface area contributed by atoms with Gasteiger partial charge in [0, 0.05) is 5.69 Å². The van der Waals surface area contributed by atoms with Crippen LogP contribution in [-0.4, -0.2) is 37.5 Å². The highest BCUT2D eigenvalue weighted by atomic mass is 16.5. The van der Waals surface area contributed by atoms with Crippen molar-refractivity contribution in [2.45, 2.75) is 13.8 Å². The number of carbonyl (C=O) groups excluding carboxylic acids is 4. The van der Waals surface area contributed by atoms with E-state index in [1.54, 1.807) is 54.6 Å². The summed E-state index contributed by atoms with van der Waals surface area (Å²) < 4.78 is 11.0. The standard InChI is InChI=1S/C28H25N3O6/c1-17-11-18(2)13-21(12-17)31-27(34)22(26(33)30-28(31)35)14-19-9-10-23(24(15-19)36-3)37-16-25(32)29-20-7-5-4-6-8-20/h4-15H,16H2,1-3H3,(H,29,32)(H,30,33,35)/b22-14+. The van der Waals surface area contributed by atoms with Crippen LogP contribution in [0.5, 0.6) is 11.5 Å². The second-order valence-corrected chi connectivity index (χ2v) is 8.42. The Hall–Kier alpha value is -4.92. The number of imide groups is 2. The van der Waals surface area contributed by atoms with Crippen LogP contribution in [0.4, 0.5) is 16.2 Å². The van der Waals surface area contributed by atoms with Gasteiger partial charge in [-0.3, -0.25) is 19.7 Å². The van der Waals surface area contributed by atoms with Crippen molar-refractivity contribution in [3.05, 3.63) is 89.0 Å². The molecule has 0 aromatic heterocycles. The molecule has 9 heteroatoms. The monoisotopic (exact) mass is 499 g/mol. The van der Waals surface area contributed by atoms with Gasteiger partial charge in [-0.15, -0.1) is 0 Å². The summed E-state index contributed by atoms with van der Waals surface area (Å²) >= 11 is 0. The number of nitrogens with one attached hydrogen (secondary N) is 2. The Bertz CT molecular complexity index is 1390. The summed E-state index contributed by atoms with van der Waals surface area (Å²) in [6.07, 6.45) is 1.37. The number of anilines is 2. The van der Waals surface area contributed by atoms with Crippen LogP contribution in [0.3, 0.4) is 0 Å². The molecule has 0 saturated carbocycles. The summed E-state index contributed by atoms with van der Waals surface area (Å²) in [6.45, 7) is 3.46. The highest BCUT2D eigenvalue weighted by Gasteiger charge is 2.37. The molecular weight excluding hydrogens is 474 g/mol. The summed E-state index contributed by atoms with van der Waals surface area (Å²) in [5, 5.41) is 4.94. The summed E-state index contributed by atoms with van der Waals surface area (Å²) in [5.74, 6) is -1.28. The number of aryl methyl sites for hydroxylation is 2. The van der Waals surface area contributed by atoms with E-state index in [-0.39, 0.29) is 18.1 Å². The Kier molecular flexibility index (Phi) is 7.34. The number of ether oxygens (including phenoxy) is 2. The molecule has 0 unspecified atom stereocenters. The topological polar surface area (TPSA) is 114 Å². The first-order valence-corrected chi connectivity index (χ1v) is 11.4. The molecule has 1 aliphatic heterocycles. The molecule has 0 atom stereocenters. The van der Waals surface area contributed by atoms with Crippen molar-refractivity contribution >= 4 is 41.2 Å². The predicted octanol–water partition coefficient (Wildman–Crippen LogP) is 4.00. The fourth-order valence-corrected chi connectivity index (χ4v) is 3.89. The molecule has 0 spiro atoms. The highest BCUT2D eigenvalue weighted by Crippen LogP contribution is 2.30. The van der Waals surface area contributed by atoms with E-state index in [9.17, 15) is 19.2 Å². The maximum atomic E-state index is 13.2. The Morgan fingerprint density at radius 3 is 2.32 bits per heavy atom. The number of carbonyl (C=O) groups is 4. The van der Waals surface area contributed by atoms with Crippen molar-refractivity contribution in [3.63, 3.8) is 0 Å². The van der Waals surface area contributed by atoms with Gasteiger partial charge in [-0.2, -0.15) is 0 Å². The molecule has 4 rings (SSSR count). The van der Waals surface area contributed by atoms with Gasteiger partial charge in [-0.1, -0.05) is 30.3 Å². The number of rotatable bonds is 7. The molecule has 1 fully saturated rings. The summed E-state index contributed by atoms with van der Waals surface area (Å²) in [5.41, 5.74) is 3.01. The molecule has 0 aliphatic carbocycles. The molecule has 0 radical (unpaired) electrons. The molecule has 9 nitrogen and oxygen atoms in total.